The van der Waals surface area contributed by atoms with E-state index < -0.39 is 11.9 Å². The van der Waals surface area contributed by atoms with E-state index in [1.54, 1.807) is 11.8 Å². The summed E-state index contributed by atoms with van der Waals surface area (Å²) in [7, 11) is 0. The fourth-order valence-electron chi connectivity index (χ4n) is 2.98. The molecule has 0 saturated carbocycles. The lowest BCUT2D eigenvalue weighted by Gasteiger charge is -2.26. The molecule has 2 aliphatic rings. The van der Waals surface area contributed by atoms with Gasteiger partial charge in [-0.25, -0.2) is 0 Å². The summed E-state index contributed by atoms with van der Waals surface area (Å²) < 4.78 is 5.59. The predicted molar refractivity (Wildman–Crippen MR) is 76.8 cm³/mol. The monoisotopic (exact) mass is 287 g/mol. The molecule has 2 unspecified atom stereocenters. The van der Waals surface area contributed by atoms with E-state index in [2.05, 4.69) is 0 Å². The molecular weight excluding hydrogens is 270 g/mol. The Labute approximate surface area is 122 Å². The van der Waals surface area contributed by atoms with Crippen molar-refractivity contribution < 1.29 is 19.4 Å². The van der Waals surface area contributed by atoms with Crippen LogP contribution >= 0.6 is 0 Å². The number of ether oxygens (including phenoxy) is 1. The first kappa shape index (κ1) is 13.7. The molecule has 110 valence electrons. The number of likely N-dealkylation sites (tertiary alicyclic amines) is 1. The maximum absolute atomic E-state index is 12.6. The molecule has 0 spiro atoms. The zero-order valence-corrected chi connectivity index (χ0v) is 11.8. The molecule has 5 heteroatoms. The van der Waals surface area contributed by atoms with Crippen molar-refractivity contribution in [3.05, 3.63) is 35.4 Å². The van der Waals surface area contributed by atoms with E-state index in [1.165, 1.54) is 0 Å². The third-order valence-corrected chi connectivity index (χ3v) is 4.24. The van der Waals surface area contributed by atoms with Crippen molar-refractivity contribution in [3.63, 3.8) is 0 Å². The van der Waals surface area contributed by atoms with Crippen LogP contribution in [0.2, 0.25) is 0 Å². The third kappa shape index (κ3) is 2.39. The van der Waals surface area contributed by atoms with Crippen molar-refractivity contribution in [1.29, 1.82) is 0 Å². The molecular formula is C16H17NO4. The maximum Gasteiger partial charge on any atom is 0.308 e. The van der Waals surface area contributed by atoms with Gasteiger partial charge in [-0.15, -0.1) is 0 Å². The number of carbonyl (C=O) groups is 2. The summed E-state index contributed by atoms with van der Waals surface area (Å²) in [6.07, 6.45) is 2.34. The number of aliphatic carboxylic acids is 1. The van der Waals surface area contributed by atoms with Crippen molar-refractivity contribution in [1.82, 2.24) is 4.90 Å². The molecule has 5 nitrogen and oxygen atoms in total. The smallest absolute Gasteiger partial charge is 0.308 e. The van der Waals surface area contributed by atoms with Crippen LogP contribution in [0.15, 0.2) is 29.8 Å². The number of amides is 1. The second-order valence-electron chi connectivity index (χ2n) is 5.47. The summed E-state index contributed by atoms with van der Waals surface area (Å²) in [5, 5.41) is 9.15. The van der Waals surface area contributed by atoms with E-state index >= 15 is 0 Å². The molecule has 3 rings (SSSR count). The first-order valence-electron chi connectivity index (χ1n) is 7.04. The summed E-state index contributed by atoms with van der Waals surface area (Å²) in [6, 6.07) is 7.26. The summed E-state index contributed by atoms with van der Waals surface area (Å²) in [5.41, 5.74) is 1.46. The van der Waals surface area contributed by atoms with Crippen LogP contribution in [0.4, 0.5) is 0 Å². The Kier molecular flexibility index (Phi) is 3.41. The topological polar surface area (TPSA) is 66.8 Å². The lowest BCUT2D eigenvalue weighted by molar-refractivity contribution is -0.142. The van der Waals surface area contributed by atoms with Gasteiger partial charge in [-0.1, -0.05) is 18.2 Å². The van der Waals surface area contributed by atoms with Gasteiger partial charge in [0.15, 0.2) is 0 Å². The fourth-order valence-corrected chi connectivity index (χ4v) is 2.98. The largest absolute Gasteiger partial charge is 0.488 e. The van der Waals surface area contributed by atoms with Crippen LogP contribution in [0.1, 0.15) is 18.9 Å². The van der Waals surface area contributed by atoms with Crippen LogP contribution in [0.3, 0.4) is 0 Å². The van der Waals surface area contributed by atoms with Gasteiger partial charge in [0.2, 0.25) is 0 Å². The number of hydrogen-bond acceptors (Lipinski definition) is 3. The van der Waals surface area contributed by atoms with Gasteiger partial charge in [0.1, 0.15) is 12.4 Å². The normalized spacial score (nSPS) is 24.0. The van der Waals surface area contributed by atoms with Gasteiger partial charge < -0.3 is 14.7 Å². The van der Waals surface area contributed by atoms with Crippen molar-refractivity contribution in [3.8, 4) is 5.75 Å². The average molecular weight is 287 g/mol. The van der Waals surface area contributed by atoms with Crippen LogP contribution in [0, 0.1) is 5.92 Å². The van der Waals surface area contributed by atoms with Gasteiger partial charge >= 0.3 is 5.97 Å². The van der Waals surface area contributed by atoms with Crippen LogP contribution in [-0.4, -0.2) is 41.1 Å². The molecule has 0 bridgehead atoms. The zero-order valence-electron chi connectivity index (χ0n) is 11.8. The SMILES string of the molecule is CC1C(C(=O)O)CCN1C(=O)C1=Cc2ccccc2OC1. The van der Waals surface area contributed by atoms with Gasteiger partial charge in [-0.3, -0.25) is 9.59 Å². The van der Waals surface area contributed by atoms with Gasteiger partial charge in [0.05, 0.1) is 11.5 Å². The molecule has 1 fully saturated rings. The third-order valence-electron chi connectivity index (χ3n) is 4.24. The van der Waals surface area contributed by atoms with Crippen LogP contribution < -0.4 is 4.74 Å². The summed E-state index contributed by atoms with van der Waals surface area (Å²) in [4.78, 5) is 25.4. The van der Waals surface area contributed by atoms with Crippen LogP contribution in [0.5, 0.6) is 5.75 Å². The molecule has 2 aliphatic heterocycles. The van der Waals surface area contributed by atoms with Crippen LogP contribution in [0.25, 0.3) is 6.08 Å². The van der Waals surface area contributed by atoms with E-state index in [0.717, 1.165) is 11.3 Å². The first-order valence-corrected chi connectivity index (χ1v) is 7.04. The molecule has 21 heavy (non-hydrogen) atoms. The lowest BCUT2D eigenvalue weighted by atomic mass is 10.0. The van der Waals surface area contributed by atoms with Crippen molar-refractivity contribution >= 4 is 18.0 Å². The van der Waals surface area contributed by atoms with Crippen molar-refractivity contribution in [2.45, 2.75) is 19.4 Å². The van der Waals surface area contributed by atoms with E-state index in [9.17, 15) is 9.59 Å². The fraction of sp³-hybridized carbons (Fsp3) is 0.375. The Bertz CT molecular complexity index is 622. The first-order chi connectivity index (χ1) is 10.1. The van der Waals surface area contributed by atoms with Crippen molar-refractivity contribution in [2.24, 2.45) is 5.92 Å². The highest BCUT2D eigenvalue weighted by Crippen LogP contribution is 2.30. The second kappa shape index (κ2) is 5.24. The highest BCUT2D eigenvalue weighted by atomic mass is 16.5. The zero-order chi connectivity index (χ0) is 15.0. The molecule has 1 aromatic carbocycles. The number of rotatable bonds is 2. The second-order valence-corrected chi connectivity index (χ2v) is 5.47. The molecule has 1 N–H and O–H groups in total. The highest BCUT2D eigenvalue weighted by Gasteiger charge is 2.39. The average Bonchev–Trinajstić information content (AvgIpc) is 2.88. The molecule has 2 heterocycles. The minimum Gasteiger partial charge on any atom is -0.488 e. The number of carboxylic acid groups (broad SMARTS) is 1. The Hall–Kier alpha value is -2.30. The van der Waals surface area contributed by atoms with E-state index in [4.69, 9.17) is 9.84 Å². The van der Waals surface area contributed by atoms with Gasteiger partial charge in [-0.05, 0) is 25.5 Å². The number of fused-ring (bicyclic) bond motifs is 1. The standard InChI is InChI=1S/C16H17NO4/c1-10-13(16(19)20)6-7-17(10)15(18)12-8-11-4-2-3-5-14(11)21-9-12/h2-5,8,10,13H,6-7,9H2,1H3,(H,19,20). The molecule has 1 saturated heterocycles. The quantitative estimate of drug-likeness (QED) is 0.900. The number of carbonyl (C=O) groups excluding carboxylic acids is 1. The van der Waals surface area contributed by atoms with E-state index in [0.29, 0.717) is 18.5 Å². The molecule has 1 aromatic rings. The van der Waals surface area contributed by atoms with Gasteiger partial charge in [0.25, 0.3) is 5.91 Å². The number of para-hydroxylation sites is 1. The van der Waals surface area contributed by atoms with Crippen LogP contribution in [-0.2, 0) is 9.59 Å². The Balaban J connectivity index is 1.81. The summed E-state index contributed by atoms with van der Waals surface area (Å²) in [5.74, 6) is -0.670. The summed E-state index contributed by atoms with van der Waals surface area (Å²) >= 11 is 0. The Morgan fingerprint density at radius 1 is 1.33 bits per heavy atom. The molecule has 0 radical (unpaired) electrons. The molecule has 2 atom stereocenters. The van der Waals surface area contributed by atoms with E-state index in [-0.39, 0.29) is 18.6 Å². The number of nitrogens with zero attached hydrogens (tertiary/aromatic N) is 1. The van der Waals surface area contributed by atoms with Crippen molar-refractivity contribution in [2.75, 3.05) is 13.2 Å². The molecule has 1 amide bonds. The minimum atomic E-state index is -0.836. The molecule has 0 aliphatic carbocycles. The maximum atomic E-state index is 12.6. The Morgan fingerprint density at radius 3 is 2.81 bits per heavy atom. The number of carboxylic acids is 1. The minimum absolute atomic E-state index is 0.124. The lowest BCUT2D eigenvalue weighted by Crippen LogP contribution is -2.39. The number of hydrogen-bond donors (Lipinski definition) is 1. The summed E-state index contributed by atoms with van der Waals surface area (Å²) in [6.45, 7) is 2.51. The highest BCUT2D eigenvalue weighted by molar-refractivity contribution is 5.99. The number of benzene rings is 1. The van der Waals surface area contributed by atoms with E-state index in [1.807, 2.05) is 30.3 Å². The Morgan fingerprint density at radius 2 is 2.10 bits per heavy atom. The van der Waals surface area contributed by atoms with Gasteiger partial charge in [0, 0.05) is 18.2 Å². The molecule has 0 aromatic heterocycles. The van der Waals surface area contributed by atoms with Gasteiger partial charge in [-0.2, -0.15) is 0 Å². The predicted octanol–water partition coefficient (Wildman–Crippen LogP) is 1.78.